The lowest BCUT2D eigenvalue weighted by atomic mass is 9.91. The molecule has 0 aliphatic heterocycles. The molecule has 1 aromatic carbocycles. The minimum absolute atomic E-state index is 0.0233. The van der Waals surface area contributed by atoms with Gasteiger partial charge in [-0.15, -0.1) is 0 Å². The minimum Gasteiger partial charge on any atom is -0.481 e. The Hall–Kier alpha value is -1.77. The Balaban J connectivity index is 1.57. The molecule has 0 fully saturated rings. The molecule has 3 heteroatoms. The Bertz CT molecular complexity index is 591. The van der Waals surface area contributed by atoms with Gasteiger partial charge in [0.2, 0.25) is 0 Å². The van der Waals surface area contributed by atoms with Crippen molar-refractivity contribution in [2.45, 2.75) is 64.4 Å². The average molecular weight is 313 g/mol. The zero-order chi connectivity index (χ0) is 16.1. The number of aryl methyl sites for hydroxylation is 1. The van der Waals surface area contributed by atoms with E-state index in [-0.39, 0.29) is 5.91 Å². The zero-order valence-electron chi connectivity index (χ0n) is 14.1. The van der Waals surface area contributed by atoms with Crippen molar-refractivity contribution in [2.24, 2.45) is 0 Å². The van der Waals surface area contributed by atoms with Crippen LogP contribution in [0, 0.1) is 0 Å². The Morgan fingerprint density at radius 2 is 2.00 bits per heavy atom. The molecule has 3 rings (SSSR count). The summed E-state index contributed by atoms with van der Waals surface area (Å²) in [5, 5.41) is 3.02. The maximum Gasteiger partial charge on any atom is 0.261 e. The molecule has 0 saturated carbocycles. The normalized spacial score (nSPS) is 18.6. The summed E-state index contributed by atoms with van der Waals surface area (Å²) in [6.07, 6.45) is 11.2. The SMILES string of the molecule is C[C@@H](Oc1cccc2c1CCCC2)C(=O)NCC1=CCCCC1. The van der Waals surface area contributed by atoms with Crippen LogP contribution in [0.4, 0.5) is 0 Å². The van der Waals surface area contributed by atoms with Crippen LogP contribution < -0.4 is 10.1 Å². The van der Waals surface area contributed by atoms with Crippen LogP contribution in [0.5, 0.6) is 5.75 Å². The van der Waals surface area contributed by atoms with Gasteiger partial charge in [0.1, 0.15) is 5.75 Å². The Labute approximate surface area is 139 Å². The van der Waals surface area contributed by atoms with Gasteiger partial charge in [0.05, 0.1) is 0 Å². The van der Waals surface area contributed by atoms with Crippen molar-refractivity contribution in [2.75, 3.05) is 6.54 Å². The maximum absolute atomic E-state index is 12.3. The third-order valence-electron chi connectivity index (χ3n) is 4.90. The van der Waals surface area contributed by atoms with Crippen LogP contribution in [0.25, 0.3) is 0 Å². The van der Waals surface area contributed by atoms with Crippen LogP contribution in [0.1, 0.15) is 56.6 Å². The molecule has 2 aliphatic rings. The first kappa shape index (κ1) is 16.1. The molecule has 1 atom stereocenters. The fraction of sp³-hybridized carbons (Fsp3) is 0.550. The molecule has 0 aromatic heterocycles. The number of benzene rings is 1. The highest BCUT2D eigenvalue weighted by Gasteiger charge is 2.19. The molecule has 0 radical (unpaired) electrons. The Morgan fingerprint density at radius 3 is 2.83 bits per heavy atom. The molecule has 0 bridgehead atoms. The van der Waals surface area contributed by atoms with Gasteiger partial charge in [-0.25, -0.2) is 0 Å². The van der Waals surface area contributed by atoms with E-state index >= 15 is 0 Å². The number of fused-ring (bicyclic) bond motifs is 1. The van der Waals surface area contributed by atoms with E-state index in [2.05, 4.69) is 17.5 Å². The molecule has 124 valence electrons. The van der Waals surface area contributed by atoms with E-state index < -0.39 is 6.10 Å². The first-order valence-corrected chi connectivity index (χ1v) is 8.97. The smallest absolute Gasteiger partial charge is 0.261 e. The largest absolute Gasteiger partial charge is 0.481 e. The van der Waals surface area contributed by atoms with E-state index in [0.29, 0.717) is 6.54 Å². The summed E-state index contributed by atoms with van der Waals surface area (Å²) < 4.78 is 5.98. The number of rotatable bonds is 5. The van der Waals surface area contributed by atoms with Gasteiger partial charge >= 0.3 is 0 Å². The third kappa shape index (κ3) is 4.15. The summed E-state index contributed by atoms with van der Waals surface area (Å²) in [7, 11) is 0. The number of hydrogen-bond acceptors (Lipinski definition) is 2. The van der Waals surface area contributed by atoms with Crippen LogP contribution in [-0.4, -0.2) is 18.6 Å². The molecule has 2 aliphatic carbocycles. The lowest BCUT2D eigenvalue weighted by Crippen LogP contribution is -2.37. The van der Waals surface area contributed by atoms with Gasteiger partial charge in [0, 0.05) is 6.54 Å². The highest BCUT2D eigenvalue weighted by Crippen LogP contribution is 2.30. The molecular formula is C20H27NO2. The van der Waals surface area contributed by atoms with Crippen molar-refractivity contribution in [1.82, 2.24) is 5.32 Å². The van der Waals surface area contributed by atoms with Crippen LogP contribution in [-0.2, 0) is 17.6 Å². The molecule has 0 unspecified atom stereocenters. The quantitative estimate of drug-likeness (QED) is 0.836. The van der Waals surface area contributed by atoms with Crippen LogP contribution in [0.15, 0.2) is 29.8 Å². The first-order valence-electron chi connectivity index (χ1n) is 8.97. The van der Waals surface area contributed by atoms with E-state index in [9.17, 15) is 4.79 Å². The van der Waals surface area contributed by atoms with E-state index in [0.717, 1.165) is 31.4 Å². The molecule has 23 heavy (non-hydrogen) atoms. The zero-order valence-corrected chi connectivity index (χ0v) is 14.1. The van der Waals surface area contributed by atoms with Gasteiger partial charge in [0.15, 0.2) is 6.10 Å². The highest BCUT2D eigenvalue weighted by molar-refractivity contribution is 5.81. The minimum atomic E-state index is -0.451. The molecule has 3 nitrogen and oxygen atoms in total. The average Bonchev–Trinajstić information content (AvgIpc) is 2.61. The lowest BCUT2D eigenvalue weighted by Gasteiger charge is -2.22. The van der Waals surface area contributed by atoms with Gasteiger partial charge < -0.3 is 10.1 Å². The van der Waals surface area contributed by atoms with Gasteiger partial charge in [-0.1, -0.05) is 23.8 Å². The molecule has 1 N–H and O–H groups in total. The molecule has 1 amide bonds. The second kappa shape index (κ2) is 7.67. The molecule has 0 saturated heterocycles. The van der Waals surface area contributed by atoms with Crippen LogP contribution in [0.2, 0.25) is 0 Å². The summed E-state index contributed by atoms with van der Waals surface area (Å²) in [4.78, 5) is 12.3. The number of hydrogen-bond donors (Lipinski definition) is 1. The maximum atomic E-state index is 12.3. The highest BCUT2D eigenvalue weighted by atomic mass is 16.5. The molecule has 0 spiro atoms. The summed E-state index contributed by atoms with van der Waals surface area (Å²) in [6.45, 7) is 2.51. The monoisotopic (exact) mass is 313 g/mol. The number of carbonyl (C=O) groups is 1. The molecule has 0 heterocycles. The van der Waals surface area contributed by atoms with Crippen molar-refractivity contribution < 1.29 is 9.53 Å². The number of allylic oxidation sites excluding steroid dienone is 1. The van der Waals surface area contributed by atoms with E-state index in [1.807, 2.05) is 19.1 Å². The summed E-state index contributed by atoms with van der Waals surface area (Å²) >= 11 is 0. The van der Waals surface area contributed by atoms with E-state index in [1.165, 1.54) is 42.4 Å². The predicted molar refractivity (Wildman–Crippen MR) is 92.7 cm³/mol. The summed E-state index contributed by atoms with van der Waals surface area (Å²) in [5.41, 5.74) is 4.04. The van der Waals surface area contributed by atoms with Crippen molar-refractivity contribution in [1.29, 1.82) is 0 Å². The van der Waals surface area contributed by atoms with Gasteiger partial charge in [-0.05, 0) is 75.5 Å². The standard InChI is InChI=1S/C20H27NO2/c1-15(20(22)21-14-16-8-3-2-4-9-16)23-19-13-7-11-17-10-5-6-12-18(17)19/h7-8,11,13,15H,2-6,9-10,12,14H2,1H3,(H,21,22)/t15-/m1/s1. The second-order valence-electron chi connectivity index (χ2n) is 6.69. The summed E-state index contributed by atoms with van der Waals surface area (Å²) in [5.74, 6) is 0.867. The number of amides is 1. The van der Waals surface area contributed by atoms with E-state index in [1.54, 1.807) is 0 Å². The van der Waals surface area contributed by atoms with Crippen LogP contribution >= 0.6 is 0 Å². The van der Waals surface area contributed by atoms with E-state index in [4.69, 9.17) is 4.74 Å². The number of carbonyl (C=O) groups excluding carboxylic acids is 1. The third-order valence-corrected chi connectivity index (χ3v) is 4.90. The van der Waals surface area contributed by atoms with Crippen molar-refractivity contribution >= 4 is 5.91 Å². The van der Waals surface area contributed by atoms with Crippen molar-refractivity contribution in [3.8, 4) is 5.75 Å². The van der Waals surface area contributed by atoms with Gasteiger partial charge in [-0.2, -0.15) is 0 Å². The molecular weight excluding hydrogens is 286 g/mol. The van der Waals surface area contributed by atoms with Crippen molar-refractivity contribution in [3.63, 3.8) is 0 Å². The fourth-order valence-electron chi connectivity index (χ4n) is 3.51. The van der Waals surface area contributed by atoms with Gasteiger partial charge in [-0.3, -0.25) is 4.79 Å². The number of nitrogens with one attached hydrogen (secondary N) is 1. The Kier molecular flexibility index (Phi) is 5.37. The number of ether oxygens (including phenoxy) is 1. The van der Waals surface area contributed by atoms with Gasteiger partial charge in [0.25, 0.3) is 5.91 Å². The summed E-state index contributed by atoms with van der Waals surface area (Å²) in [6, 6.07) is 6.22. The predicted octanol–water partition coefficient (Wildman–Crippen LogP) is 3.95. The first-order chi connectivity index (χ1) is 11.2. The lowest BCUT2D eigenvalue weighted by molar-refractivity contribution is -0.127. The Morgan fingerprint density at radius 1 is 1.17 bits per heavy atom. The fourth-order valence-corrected chi connectivity index (χ4v) is 3.51. The topological polar surface area (TPSA) is 38.3 Å². The van der Waals surface area contributed by atoms with Crippen molar-refractivity contribution in [3.05, 3.63) is 41.0 Å². The van der Waals surface area contributed by atoms with Crippen LogP contribution in [0.3, 0.4) is 0 Å². The molecule has 1 aromatic rings. The second-order valence-corrected chi connectivity index (χ2v) is 6.69.